The van der Waals surface area contributed by atoms with Crippen LogP contribution in [0.4, 0.5) is 16.2 Å². The molecule has 0 heterocycles. The number of amides is 3. The fourth-order valence-corrected chi connectivity index (χ4v) is 4.29. The van der Waals surface area contributed by atoms with Crippen LogP contribution in [0.3, 0.4) is 0 Å². The van der Waals surface area contributed by atoms with Gasteiger partial charge >= 0.3 is 16.2 Å². The molecular weight excluding hydrogens is 536 g/mol. The van der Waals surface area contributed by atoms with E-state index in [9.17, 15) is 18.0 Å². The molecule has 3 aromatic rings. The lowest BCUT2D eigenvalue weighted by Gasteiger charge is -2.25. The molecule has 0 aliphatic heterocycles. The largest absolute Gasteiger partial charge is 0.497 e. The summed E-state index contributed by atoms with van der Waals surface area (Å²) < 4.78 is 34.9. The first-order valence-electron chi connectivity index (χ1n) is 10.5. The molecule has 3 amide bonds. The lowest BCUT2D eigenvalue weighted by Crippen LogP contribution is -2.53. The summed E-state index contributed by atoms with van der Waals surface area (Å²) in [6.07, 6.45) is 0.160. The molecule has 0 bridgehead atoms. The van der Waals surface area contributed by atoms with E-state index in [0.717, 1.165) is 10.0 Å². The number of carbonyl (C=O) groups excluding carboxylic acids is 2. The molecule has 1 atom stereocenters. The number of benzene rings is 3. The van der Waals surface area contributed by atoms with Crippen LogP contribution in [-0.4, -0.2) is 40.6 Å². The highest BCUT2D eigenvalue weighted by atomic mass is 79.9. The lowest BCUT2D eigenvalue weighted by molar-refractivity contribution is -0.120. The summed E-state index contributed by atoms with van der Waals surface area (Å²) in [6.45, 7) is 0. The zero-order chi connectivity index (χ0) is 25.4. The van der Waals surface area contributed by atoms with E-state index in [2.05, 4.69) is 26.0 Å². The summed E-state index contributed by atoms with van der Waals surface area (Å²) >= 11 is 3.27. The highest BCUT2D eigenvalue weighted by molar-refractivity contribution is 9.10. The number of urea groups is 1. The van der Waals surface area contributed by atoms with Crippen LogP contribution in [0.25, 0.3) is 0 Å². The topological polar surface area (TPSA) is 117 Å². The average molecular weight is 561 g/mol. The average Bonchev–Trinajstić information content (AvgIpc) is 2.84. The molecule has 0 aromatic heterocycles. The third-order valence-electron chi connectivity index (χ3n) is 5.00. The summed E-state index contributed by atoms with van der Waals surface area (Å²) in [7, 11) is -1.12. The normalized spacial score (nSPS) is 11.7. The number of ether oxygens (including phenoxy) is 1. The van der Waals surface area contributed by atoms with Crippen LogP contribution in [0.5, 0.6) is 5.75 Å². The molecule has 11 heteroatoms. The molecule has 35 heavy (non-hydrogen) atoms. The van der Waals surface area contributed by atoms with Gasteiger partial charge in [-0.25, -0.2) is 9.52 Å². The maximum Gasteiger partial charge on any atom is 0.330 e. The number of rotatable bonds is 9. The van der Waals surface area contributed by atoms with E-state index >= 15 is 0 Å². The first kappa shape index (κ1) is 26.0. The van der Waals surface area contributed by atoms with E-state index < -0.39 is 28.2 Å². The van der Waals surface area contributed by atoms with Gasteiger partial charge in [-0.05, 0) is 54.1 Å². The zero-order valence-corrected chi connectivity index (χ0v) is 21.5. The Hall–Kier alpha value is -3.57. The molecule has 0 saturated carbocycles. The van der Waals surface area contributed by atoms with Gasteiger partial charge in [-0.3, -0.25) is 9.52 Å². The molecule has 0 fully saturated rings. The number of carbonyl (C=O) groups is 2. The zero-order valence-electron chi connectivity index (χ0n) is 19.1. The van der Waals surface area contributed by atoms with Gasteiger partial charge in [0.1, 0.15) is 11.8 Å². The molecule has 3 aromatic carbocycles. The molecule has 3 N–H and O–H groups in total. The lowest BCUT2D eigenvalue weighted by atomic mass is 10.0. The minimum Gasteiger partial charge on any atom is -0.497 e. The quantitative estimate of drug-likeness (QED) is 0.369. The Morgan fingerprint density at radius 2 is 1.60 bits per heavy atom. The fraction of sp³-hybridized carbons (Fsp3) is 0.167. The number of nitrogens with one attached hydrogen (secondary N) is 3. The number of likely N-dealkylation sites (N-methyl/N-ethyl adjacent to an activating group) is 1. The fourth-order valence-electron chi connectivity index (χ4n) is 3.23. The van der Waals surface area contributed by atoms with E-state index in [-0.39, 0.29) is 12.1 Å². The third-order valence-corrected chi connectivity index (χ3v) is 6.49. The number of hydrogen-bond donors (Lipinski definition) is 3. The Labute approximate surface area is 212 Å². The van der Waals surface area contributed by atoms with E-state index in [0.29, 0.717) is 11.4 Å². The first-order valence-corrected chi connectivity index (χ1v) is 12.8. The number of methoxy groups -OCH3 is 1. The van der Waals surface area contributed by atoms with Gasteiger partial charge < -0.3 is 15.0 Å². The third kappa shape index (κ3) is 7.72. The molecule has 0 radical (unpaired) electrons. The molecular formula is C24H25BrN4O5S. The van der Waals surface area contributed by atoms with Crippen LogP contribution in [0, 0.1) is 0 Å². The van der Waals surface area contributed by atoms with Crippen LogP contribution >= 0.6 is 15.9 Å². The van der Waals surface area contributed by atoms with Crippen molar-refractivity contribution in [3.05, 3.63) is 88.9 Å². The van der Waals surface area contributed by atoms with Crippen LogP contribution in [0.15, 0.2) is 83.3 Å². The van der Waals surface area contributed by atoms with Gasteiger partial charge in [-0.2, -0.15) is 8.42 Å². The summed E-state index contributed by atoms with van der Waals surface area (Å²) in [5.74, 6) is 0.212. The number of halogens is 1. The van der Waals surface area contributed by atoms with Crippen molar-refractivity contribution < 1.29 is 22.7 Å². The van der Waals surface area contributed by atoms with Crippen molar-refractivity contribution in [3.63, 3.8) is 0 Å². The van der Waals surface area contributed by atoms with Gasteiger partial charge in [-0.1, -0.05) is 46.3 Å². The Bertz CT molecular complexity index is 1250. The van der Waals surface area contributed by atoms with Gasteiger partial charge in [0.2, 0.25) is 5.91 Å². The van der Waals surface area contributed by atoms with Crippen molar-refractivity contribution in [1.29, 1.82) is 0 Å². The molecule has 0 spiro atoms. The predicted octanol–water partition coefficient (Wildman–Crippen LogP) is 3.69. The van der Waals surface area contributed by atoms with Gasteiger partial charge in [-0.15, -0.1) is 0 Å². The monoisotopic (exact) mass is 560 g/mol. The van der Waals surface area contributed by atoms with E-state index in [1.165, 1.54) is 17.0 Å². The minimum atomic E-state index is -4.24. The molecule has 3 rings (SSSR count). The van der Waals surface area contributed by atoms with Gasteiger partial charge in [0.05, 0.1) is 12.8 Å². The first-order chi connectivity index (χ1) is 16.7. The molecule has 0 aliphatic carbocycles. The van der Waals surface area contributed by atoms with Crippen molar-refractivity contribution in [1.82, 2.24) is 10.0 Å². The smallest absolute Gasteiger partial charge is 0.330 e. The van der Waals surface area contributed by atoms with Gasteiger partial charge in [0.25, 0.3) is 0 Å². The second kappa shape index (κ2) is 11.7. The maximum atomic E-state index is 13.3. The second-order valence-corrected chi connectivity index (χ2v) is 9.86. The second-order valence-electron chi connectivity index (χ2n) is 7.53. The molecule has 0 saturated heterocycles. The summed E-state index contributed by atoms with van der Waals surface area (Å²) in [5, 5.41) is 2.50. The van der Waals surface area contributed by atoms with Gasteiger partial charge in [0, 0.05) is 23.6 Å². The van der Waals surface area contributed by atoms with E-state index in [1.807, 2.05) is 35.1 Å². The number of nitrogens with zero attached hydrogens (tertiary/aromatic N) is 1. The van der Waals surface area contributed by atoms with Crippen molar-refractivity contribution in [3.8, 4) is 5.75 Å². The predicted molar refractivity (Wildman–Crippen MR) is 139 cm³/mol. The van der Waals surface area contributed by atoms with Crippen molar-refractivity contribution in [2.45, 2.75) is 12.5 Å². The molecule has 9 nitrogen and oxygen atoms in total. The minimum absolute atomic E-state index is 0.160. The molecule has 0 unspecified atom stereocenters. The highest BCUT2D eigenvalue weighted by Crippen LogP contribution is 2.19. The summed E-state index contributed by atoms with van der Waals surface area (Å²) in [5.41, 5.74) is 1.65. The Balaban J connectivity index is 1.74. The van der Waals surface area contributed by atoms with Crippen LogP contribution < -0.4 is 24.4 Å². The number of hydrogen-bond acceptors (Lipinski definition) is 5. The van der Waals surface area contributed by atoms with Crippen LogP contribution in [-0.2, 0) is 21.4 Å². The molecule has 0 aliphatic rings. The molecule has 184 valence electrons. The standard InChI is InChI=1S/C24H25BrN4O5S/c1-29(20-12-14-21(34-2)15-13-20)23(30)22(16-17-6-4-3-5-7-17)26-24(31)28-35(32,33)27-19-10-8-18(25)9-11-19/h3-15,22,27H,16H2,1-2H3,(H2,26,28,31)/t22-/m0/s1. The van der Waals surface area contributed by atoms with E-state index in [1.54, 1.807) is 50.6 Å². The van der Waals surface area contributed by atoms with Crippen molar-refractivity contribution in [2.75, 3.05) is 23.8 Å². The Morgan fingerprint density at radius 3 is 2.20 bits per heavy atom. The maximum absolute atomic E-state index is 13.3. The summed E-state index contributed by atoms with van der Waals surface area (Å²) in [6, 6.07) is 20.3. The van der Waals surface area contributed by atoms with Crippen molar-refractivity contribution >= 4 is 49.5 Å². The Kier molecular flexibility index (Phi) is 8.72. The highest BCUT2D eigenvalue weighted by Gasteiger charge is 2.27. The van der Waals surface area contributed by atoms with Crippen molar-refractivity contribution in [2.24, 2.45) is 0 Å². The van der Waals surface area contributed by atoms with Crippen LogP contribution in [0.2, 0.25) is 0 Å². The summed E-state index contributed by atoms with van der Waals surface area (Å²) in [4.78, 5) is 27.3. The van der Waals surface area contributed by atoms with E-state index in [4.69, 9.17) is 4.74 Å². The van der Waals surface area contributed by atoms with Gasteiger partial charge in [0.15, 0.2) is 0 Å². The van der Waals surface area contributed by atoms with Crippen LogP contribution in [0.1, 0.15) is 5.56 Å². The number of anilines is 2. The SMILES string of the molecule is COc1ccc(N(C)C(=O)[C@H](Cc2ccccc2)NC(=O)NS(=O)(=O)Nc2ccc(Br)cc2)cc1. The Morgan fingerprint density at radius 1 is 0.971 bits per heavy atom.